The van der Waals surface area contributed by atoms with Gasteiger partial charge in [-0.2, -0.15) is 0 Å². The third-order valence-corrected chi connectivity index (χ3v) is 5.04. The molecular weight excluding hydrogens is 186 g/mol. The lowest BCUT2D eigenvalue weighted by molar-refractivity contribution is 0.0879. The highest BCUT2D eigenvalue weighted by atomic mass is 16.5. The largest absolute Gasteiger partial charge is 0.380 e. The quantitative estimate of drug-likeness (QED) is 0.758. The molecule has 0 aromatic rings. The van der Waals surface area contributed by atoms with Crippen molar-refractivity contribution in [1.82, 2.24) is 5.32 Å². The van der Waals surface area contributed by atoms with Crippen molar-refractivity contribution in [2.45, 2.75) is 53.7 Å². The van der Waals surface area contributed by atoms with Crippen molar-refractivity contribution in [3.05, 3.63) is 0 Å². The molecular formula is C13H27NO. The Morgan fingerprint density at radius 2 is 1.60 bits per heavy atom. The molecule has 0 radical (unpaired) electrons. The van der Waals surface area contributed by atoms with Crippen LogP contribution < -0.4 is 5.32 Å². The maximum Gasteiger partial charge on any atom is 0.0693 e. The molecule has 0 bridgehead atoms. The highest BCUT2D eigenvalue weighted by molar-refractivity contribution is 5.12. The Labute approximate surface area is 94.8 Å². The summed E-state index contributed by atoms with van der Waals surface area (Å²) in [5, 5.41) is 3.58. The predicted octanol–water partition coefficient (Wildman–Crippen LogP) is 2.68. The number of nitrogens with one attached hydrogen (secondary N) is 1. The second-order valence-electron chi connectivity index (χ2n) is 6.13. The number of rotatable bonds is 5. The summed E-state index contributed by atoms with van der Waals surface area (Å²) >= 11 is 0. The molecule has 0 heterocycles. The topological polar surface area (TPSA) is 21.3 Å². The van der Waals surface area contributed by atoms with E-state index in [4.69, 9.17) is 4.74 Å². The van der Waals surface area contributed by atoms with Crippen LogP contribution in [0.3, 0.4) is 0 Å². The molecule has 1 aliphatic carbocycles. The lowest BCUT2D eigenvalue weighted by atomic mass is 10.0. The monoisotopic (exact) mass is 213 g/mol. The van der Waals surface area contributed by atoms with E-state index < -0.39 is 0 Å². The van der Waals surface area contributed by atoms with Crippen molar-refractivity contribution in [2.24, 2.45) is 16.7 Å². The number of methoxy groups -OCH3 is 1. The summed E-state index contributed by atoms with van der Waals surface area (Å²) in [6.07, 6.45) is 0.287. The number of hydrogen-bond donors (Lipinski definition) is 1. The fraction of sp³-hybridized carbons (Fsp3) is 1.00. The lowest BCUT2D eigenvalue weighted by Crippen LogP contribution is -2.38. The van der Waals surface area contributed by atoms with E-state index >= 15 is 0 Å². The molecule has 1 N–H and O–H groups in total. The van der Waals surface area contributed by atoms with Gasteiger partial charge in [0.15, 0.2) is 0 Å². The van der Waals surface area contributed by atoms with Gasteiger partial charge in [0.25, 0.3) is 0 Å². The third-order valence-electron chi connectivity index (χ3n) is 5.04. The summed E-state index contributed by atoms with van der Waals surface area (Å²) in [5.74, 6) is 0.788. The summed E-state index contributed by atoms with van der Waals surface area (Å²) < 4.78 is 5.31. The van der Waals surface area contributed by atoms with Gasteiger partial charge in [0.2, 0.25) is 0 Å². The molecule has 1 aliphatic rings. The van der Waals surface area contributed by atoms with Crippen molar-refractivity contribution in [2.75, 3.05) is 13.7 Å². The van der Waals surface area contributed by atoms with Crippen LogP contribution >= 0.6 is 0 Å². The second kappa shape index (κ2) is 4.06. The van der Waals surface area contributed by atoms with Crippen molar-refractivity contribution in [3.63, 3.8) is 0 Å². The van der Waals surface area contributed by atoms with Crippen LogP contribution in [0.4, 0.5) is 0 Å². The molecule has 1 fully saturated rings. The minimum atomic E-state index is 0.287. The zero-order chi connectivity index (χ0) is 11.9. The van der Waals surface area contributed by atoms with Gasteiger partial charge < -0.3 is 10.1 Å². The summed E-state index contributed by atoms with van der Waals surface area (Å²) in [4.78, 5) is 0. The van der Waals surface area contributed by atoms with Gasteiger partial charge in [-0.25, -0.2) is 0 Å². The highest BCUT2D eigenvalue weighted by Gasteiger charge is 2.63. The van der Waals surface area contributed by atoms with E-state index in [0.29, 0.717) is 16.9 Å². The van der Waals surface area contributed by atoms with Gasteiger partial charge in [-0.3, -0.25) is 0 Å². The molecule has 2 unspecified atom stereocenters. The number of hydrogen-bond acceptors (Lipinski definition) is 2. The van der Waals surface area contributed by atoms with E-state index in [0.717, 1.165) is 12.5 Å². The predicted molar refractivity (Wildman–Crippen MR) is 65.0 cm³/mol. The molecule has 90 valence electrons. The van der Waals surface area contributed by atoms with Gasteiger partial charge in [0.1, 0.15) is 0 Å². The SMILES string of the molecule is COC(C)C(C)NCC1C(C)(C)C1(C)C. The van der Waals surface area contributed by atoms with Crippen molar-refractivity contribution >= 4 is 0 Å². The van der Waals surface area contributed by atoms with Gasteiger partial charge in [0.05, 0.1) is 6.10 Å². The van der Waals surface area contributed by atoms with Gasteiger partial charge in [0, 0.05) is 13.2 Å². The summed E-state index contributed by atoms with van der Waals surface area (Å²) in [7, 11) is 1.77. The average molecular weight is 213 g/mol. The fourth-order valence-electron chi connectivity index (χ4n) is 2.52. The van der Waals surface area contributed by atoms with Crippen LogP contribution in [-0.2, 0) is 4.74 Å². The molecule has 0 spiro atoms. The third kappa shape index (κ3) is 2.21. The molecule has 2 atom stereocenters. The molecule has 0 saturated heterocycles. The molecule has 2 nitrogen and oxygen atoms in total. The van der Waals surface area contributed by atoms with Crippen LogP contribution in [0.5, 0.6) is 0 Å². The van der Waals surface area contributed by atoms with Gasteiger partial charge in [-0.15, -0.1) is 0 Å². The molecule has 0 amide bonds. The van der Waals surface area contributed by atoms with E-state index in [9.17, 15) is 0 Å². The molecule has 1 saturated carbocycles. The van der Waals surface area contributed by atoms with E-state index in [2.05, 4.69) is 46.9 Å². The zero-order valence-corrected chi connectivity index (χ0v) is 11.3. The first-order chi connectivity index (χ1) is 6.75. The lowest BCUT2D eigenvalue weighted by Gasteiger charge is -2.20. The molecule has 0 aliphatic heterocycles. The normalized spacial score (nSPS) is 27.4. The van der Waals surface area contributed by atoms with Crippen LogP contribution in [0, 0.1) is 16.7 Å². The minimum absolute atomic E-state index is 0.287. The summed E-state index contributed by atoms with van der Waals surface area (Å²) in [6, 6.07) is 0.433. The molecule has 2 heteroatoms. The Hall–Kier alpha value is -0.0800. The van der Waals surface area contributed by atoms with Gasteiger partial charge in [-0.1, -0.05) is 27.7 Å². The molecule has 0 aromatic heterocycles. The smallest absolute Gasteiger partial charge is 0.0693 e. The fourth-order valence-corrected chi connectivity index (χ4v) is 2.52. The standard InChI is InChI=1S/C13H27NO/c1-9(10(2)15-7)14-8-11-12(3,4)13(11,5)6/h9-11,14H,8H2,1-7H3. The molecule has 15 heavy (non-hydrogen) atoms. The molecule has 1 rings (SSSR count). The second-order valence-corrected chi connectivity index (χ2v) is 6.13. The summed E-state index contributed by atoms with van der Waals surface area (Å²) in [5.41, 5.74) is 0.964. The Morgan fingerprint density at radius 1 is 1.13 bits per heavy atom. The zero-order valence-electron chi connectivity index (χ0n) is 11.3. The van der Waals surface area contributed by atoms with Crippen molar-refractivity contribution in [3.8, 4) is 0 Å². The Morgan fingerprint density at radius 3 is 1.93 bits per heavy atom. The van der Waals surface area contributed by atoms with E-state index in [1.54, 1.807) is 7.11 Å². The Balaban J connectivity index is 2.34. The Kier molecular flexibility index (Phi) is 3.52. The van der Waals surface area contributed by atoms with Crippen LogP contribution in [0.25, 0.3) is 0 Å². The van der Waals surface area contributed by atoms with E-state index in [1.807, 2.05) is 0 Å². The van der Waals surface area contributed by atoms with Crippen LogP contribution in [0.1, 0.15) is 41.5 Å². The van der Waals surface area contributed by atoms with Crippen LogP contribution in [-0.4, -0.2) is 25.8 Å². The van der Waals surface area contributed by atoms with Crippen molar-refractivity contribution in [1.29, 1.82) is 0 Å². The van der Waals surface area contributed by atoms with Gasteiger partial charge in [-0.05, 0) is 37.1 Å². The van der Waals surface area contributed by atoms with Crippen molar-refractivity contribution < 1.29 is 4.74 Å². The Bertz CT molecular complexity index is 209. The number of ether oxygens (including phenoxy) is 1. The summed E-state index contributed by atoms with van der Waals surface area (Å²) in [6.45, 7) is 14.9. The van der Waals surface area contributed by atoms with Crippen LogP contribution in [0.2, 0.25) is 0 Å². The minimum Gasteiger partial charge on any atom is -0.380 e. The van der Waals surface area contributed by atoms with Gasteiger partial charge >= 0.3 is 0 Å². The van der Waals surface area contributed by atoms with Crippen LogP contribution in [0.15, 0.2) is 0 Å². The van der Waals surface area contributed by atoms with E-state index in [-0.39, 0.29) is 6.10 Å². The molecule has 0 aromatic carbocycles. The first kappa shape index (κ1) is 13.0. The highest BCUT2D eigenvalue weighted by Crippen LogP contribution is 2.67. The average Bonchev–Trinajstić information content (AvgIpc) is 2.53. The van der Waals surface area contributed by atoms with E-state index in [1.165, 1.54) is 0 Å². The first-order valence-electron chi connectivity index (χ1n) is 6.01. The maximum absolute atomic E-state index is 5.31. The maximum atomic E-state index is 5.31. The first-order valence-corrected chi connectivity index (χ1v) is 6.01.